The van der Waals surface area contributed by atoms with E-state index in [9.17, 15) is 31.4 Å². The van der Waals surface area contributed by atoms with Crippen molar-refractivity contribution in [2.24, 2.45) is 0 Å². The summed E-state index contributed by atoms with van der Waals surface area (Å²) in [7, 11) is 0. The predicted octanol–water partition coefficient (Wildman–Crippen LogP) is 5.71. The molecule has 1 aromatic carbocycles. The molecule has 2 rings (SSSR count). The molecule has 1 atom stereocenters. The minimum absolute atomic E-state index is 0. The molecule has 2 N–H and O–H groups in total. The van der Waals surface area contributed by atoms with Gasteiger partial charge in [-0.3, -0.25) is 0 Å². The Morgan fingerprint density at radius 2 is 1.60 bits per heavy atom. The number of aliphatic hydroxyl groups excluding tert-OH is 1. The smallest absolute Gasteiger partial charge is 0.387 e. The number of pyridine rings is 1. The number of hydrogen-bond donors (Lipinski definition) is 2. The first kappa shape index (κ1) is 26.3. The average molecular weight is 454 g/mol. The highest BCUT2D eigenvalue weighted by atomic mass is 32.1. The fraction of sp³-hybridized carbons (Fsp3) is 0.450. The van der Waals surface area contributed by atoms with Crippen molar-refractivity contribution in [3.05, 3.63) is 53.2 Å². The molecule has 0 fully saturated rings. The molecule has 0 saturated carbocycles. The third kappa shape index (κ3) is 7.48. The van der Waals surface area contributed by atoms with Gasteiger partial charge in [0.2, 0.25) is 0 Å². The van der Waals surface area contributed by atoms with Gasteiger partial charge >= 0.3 is 12.4 Å². The molecule has 0 aliphatic heterocycles. The minimum Gasteiger partial charge on any atom is -0.387 e. The fourth-order valence-electron chi connectivity index (χ4n) is 2.72. The second kappa shape index (κ2) is 11.0. The first-order chi connectivity index (χ1) is 13.5. The van der Waals surface area contributed by atoms with Gasteiger partial charge in [-0.2, -0.15) is 39.8 Å². The molecule has 0 unspecified atom stereocenters. The Morgan fingerprint density at radius 1 is 0.967 bits per heavy atom. The molecule has 30 heavy (non-hydrogen) atoms. The Morgan fingerprint density at radius 3 is 2.13 bits per heavy atom. The molecule has 0 spiro atoms. The van der Waals surface area contributed by atoms with Crippen LogP contribution >= 0.6 is 13.5 Å². The summed E-state index contributed by atoms with van der Waals surface area (Å²) in [6.07, 6.45) is -7.64. The number of aliphatic hydroxyl groups is 1. The molecule has 1 aromatic heterocycles. The Bertz CT molecular complexity index is 793. The summed E-state index contributed by atoms with van der Waals surface area (Å²) in [5, 5.41) is 13.3. The summed E-state index contributed by atoms with van der Waals surface area (Å²) in [4.78, 5) is 3.53. The van der Waals surface area contributed by atoms with Gasteiger partial charge in [-0.05, 0) is 42.8 Å². The zero-order valence-electron chi connectivity index (χ0n) is 16.2. The quantitative estimate of drug-likeness (QED) is 0.397. The van der Waals surface area contributed by atoms with Gasteiger partial charge < -0.3 is 10.4 Å². The molecule has 0 aliphatic carbocycles. The highest BCUT2D eigenvalue weighted by Crippen LogP contribution is 2.34. The van der Waals surface area contributed by atoms with Crippen molar-refractivity contribution >= 4 is 13.5 Å². The second-order valence-corrected chi connectivity index (χ2v) is 6.67. The molecule has 0 saturated heterocycles. The molecule has 0 bridgehead atoms. The van der Waals surface area contributed by atoms with Gasteiger partial charge in [0.15, 0.2) is 0 Å². The number of unbranched alkanes of at least 4 members (excludes halogenated alkanes) is 2. The van der Waals surface area contributed by atoms with Crippen LogP contribution in [0.1, 0.15) is 49.1 Å². The van der Waals surface area contributed by atoms with E-state index in [0.717, 1.165) is 49.6 Å². The van der Waals surface area contributed by atoms with E-state index in [1.807, 2.05) is 6.92 Å². The lowest BCUT2D eigenvalue weighted by Gasteiger charge is -2.16. The lowest BCUT2D eigenvalue weighted by Crippen LogP contribution is -2.23. The number of nitrogens with zero attached hydrogens (tertiary/aromatic N) is 1. The largest absolute Gasteiger partial charge is 0.433 e. The van der Waals surface area contributed by atoms with Crippen LogP contribution in [-0.2, 0) is 12.4 Å². The zero-order valence-corrected chi connectivity index (χ0v) is 17.2. The van der Waals surface area contributed by atoms with E-state index in [2.05, 4.69) is 10.3 Å². The van der Waals surface area contributed by atoms with Crippen LogP contribution in [0.4, 0.5) is 26.3 Å². The van der Waals surface area contributed by atoms with Crippen LogP contribution in [0.15, 0.2) is 36.4 Å². The van der Waals surface area contributed by atoms with E-state index in [0.29, 0.717) is 6.54 Å². The predicted molar refractivity (Wildman–Crippen MR) is 107 cm³/mol. The molecular weight excluding hydrogens is 430 g/mol. The number of nitrogens with one attached hydrogen (secondary N) is 1. The molecule has 10 heteroatoms. The van der Waals surface area contributed by atoms with Gasteiger partial charge in [-0.25, -0.2) is 4.98 Å². The SMILES string of the molecule is CCCCCNC[C@@H](O)c1cc(-c2ccc(C(F)(F)F)cc2)nc(C(F)(F)F)c1.S. The van der Waals surface area contributed by atoms with Crippen molar-refractivity contribution in [3.63, 3.8) is 0 Å². The van der Waals surface area contributed by atoms with Crippen molar-refractivity contribution in [2.75, 3.05) is 13.1 Å². The van der Waals surface area contributed by atoms with Crippen LogP contribution in [0.2, 0.25) is 0 Å². The van der Waals surface area contributed by atoms with Gasteiger partial charge in [-0.15, -0.1) is 0 Å². The van der Waals surface area contributed by atoms with Crippen molar-refractivity contribution in [1.29, 1.82) is 0 Å². The second-order valence-electron chi connectivity index (χ2n) is 6.67. The molecule has 0 radical (unpaired) electrons. The molecule has 0 amide bonds. The number of hydrogen-bond acceptors (Lipinski definition) is 3. The molecule has 168 valence electrons. The molecular formula is C20H24F6N2OS. The Hall–Kier alpha value is -1.78. The number of rotatable bonds is 8. The number of alkyl halides is 6. The summed E-state index contributed by atoms with van der Waals surface area (Å²) in [6.45, 7) is 2.71. The Balaban J connectivity index is 0.00000450. The normalized spacial score (nSPS) is 13.1. The molecule has 0 aliphatic rings. The minimum atomic E-state index is -4.76. The van der Waals surface area contributed by atoms with Gasteiger partial charge in [0.1, 0.15) is 5.69 Å². The van der Waals surface area contributed by atoms with Gasteiger partial charge in [0.25, 0.3) is 0 Å². The summed E-state index contributed by atoms with van der Waals surface area (Å²) in [5.74, 6) is 0. The lowest BCUT2D eigenvalue weighted by atomic mass is 10.0. The fourth-order valence-corrected chi connectivity index (χ4v) is 2.72. The maximum atomic E-state index is 13.2. The van der Waals surface area contributed by atoms with Crippen molar-refractivity contribution in [1.82, 2.24) is 10.3 Å². The van der Waals surface area contributed by atoms with Crippen LogP contribution in [-0.4, -0.2) is 23.2 Å². The van der Waals surface area contributed by atoms with Crippen molar-refractivity contribution in [3.8, 4) is 11.3 Å². The molecule has 1 heterocycles. The highest BCUT2D eigenvalue weighted by molar-refractivity contribution is 7.59. The van der Waals surface area contributed by atoms with Crippen LogP contribution in [0.3, 0.4) is 0 Å². The standard InChI is InChI=1S/C20H22F6N2O.H2S/c1-2-3-4-9-27-12-17(29)14-10-16(28-18(11-14)20(24,25)26)13-5-7-15(8-6-13)19(21,22)23;/h5-8,10-11,17,27,29H,2-4,9,12H2,1H3;1H2/t17-;/m1./s1. The van der Waals surface area contributed by atoms with Crippen LogP contribution in [0, 0.1) is 0 Å². The maximum Gasteiger partial charge on any atom is 0.433 e. The lowest BCUT2D eigenvalue weighted by molar-refractivity contribution is -0.141. The highest BCUT2D eigenvalue weighted by Gasteiger charge is 2.34. The molecule has 2 aromatic rings. The summed E-state index contributed by atoms with van der Waals surface area (Å²) < 4.78 is 77.8. The van der Waals surface area contributed by atoms with E-state index in [4.69, 9.17) is 0 Å². The average Bonchev–Trinajstić information content (AvgIpc) is 2.66. The third-order valence-corrected chi connectivity index (χ3v) is 4.33. The third-order valence-electron chi connectivity index (χ3n) is 4.33. The van der Waals surface area contributed by atoms with Crippen molar-refractivity contribution < 1.29 is 31.4 Å². The monoisotopic (exact) mass is 454 g/mol. The van der Waals surface area contributed by atoms with E-state index in [-0.39, 0.29) is 36.9 Å². The zero-order chi connectivity index (χ0) is 21.7. The van der Waals surface area contributed by atoms with E-state index in [1.165, 1.54) is 6.07 Å². The maximum absolute atomic E-state index is 13.2. The van der Waals surface area contributed by atoms with Gasteiger partial charge in [-0.1, -0.05) is 31.9 Å². The topological polar surface area (TPSA) is 45.1 Å². The van der Waals surface area contributed by atoms with E-state index < -0.39 is 29.7 Å². The first-order valence-corrected chi connectivity index (χ1v) is 9.18. The van der Waals surface area contributed by atoms with E-state index in [1.54, 1.807) is 0 Å². The van der Waals surface area contributed by atoms with E-state index >= 15 is 0 Å². The first-order valence-electron chi connectivity index (χ1n) is 9.18. The summed E-state index contributed by atoms with van der Waals surface area (Å²) >= 11 is 0. The van der Waals surface area contributed by atoms with Gasteiger partial charge in [0.05, 0.1) is 17.4 Å². The number of aromatic nitrogens is 1. The summed E-state index contributed by atoms with van der Waals surface area (Å²) in [5.41, 5.74) is -2.20. The number of benzene rings is 1. The van der Waals surface area contributed by atoms with Gasteiger partial charge in [0, 0.05) is 12.1 Å². The van der Waals surface area contributed by atoms with Crippen LogP contribution in [0.25, 0.3) is 11.3 Å². The molecule has 3 nitrogen and oxygen atoms in total. The Kier molecular flexibility index (Phi) is 9.64. The number of halogens is 6. The van der Waals surface area contributed by atoms with Crippen molar-refractivity contribution in [2.45, 2.75) is 44.6 Å². The summed E-state index contributed by atoms with van der Waals surface area (Å²) in [6, 6.07) is 5.70. The van der Waals surface area contributed by atoms with Crippen LogP contribution in [0.5, 0.6) is 0 Å². The van der Waals surface area contributed by atoms with Crippen LogP contribution < -0.4 is 5.32 Å². The Labute approximate surface area is 178 Å².